The van der Waals surface area contributed by atoms with E-state index in [-0.39, 0.29) is 0 Å². The van der Waals surface area contributed by atoms with E-state index in [0.717, 1.165) is 23.0 Å². The number of thiophene rings is 1. The van der Waals surface area contributed by atoms with Gasteiger partial charge in [-0.3, -0.25) is 0 Å². The minimum atomic E-state index is 0.737. The van der Waals surface area contributed by atoms with Gasteiger partial charge in [0.25, 0.3) is 0 Å². The maximum Gasteiger partial charge on any atom is 0.0998 e. The quantitative estimate of drug-likeness (QED) is 0.522. The summed E-state index contributed by atoms with van der Waals surface area (Å²) in [6, 6.07) is 18.7. The number of rotatable bonds is 2. The number of hydrogen-bond acceptors (Lipinski definition) is 2. The first-order chi connectivity index (χ1) is 10.4. The average molecular weight is 288 g/mol. The van der Waals surface area contributed by atoms with E-state index in [1.54, 1.807) is 11.3 Å². The third kappa shape index (κ3) is 1.93. The molecule has 2 aromatic heterocycles. The Morgan fingerprint density at radius 3 is 2.81 bits per heavy atom. The van der Waals surface area contributed by atoms with Crippen LogP contribution in [0.3, 0.4) is 0 Å². The molecule has 4 aromatic rings. The van der Waals surface area contributed by atoms with Crippen molar-refractivity contribution in [3.8, 4) is 6.07 Å². The van der Waals surface area contributed by atoms with Crippen molar-refractivity contribution in [2.45, 2.75) is 6.54 Å². The lowest BCUT2D eigenvalue weighted by Crippen LogP contribution is -1.96. The molecule has 0 aliphatic carbocycles. The zero-order valence-electron chi connectivity index (χ0n) is 11.3. The summed E-state index contributed by atoms with van der Waals surface area (Å²) in [6.07, 6.45) is 2.07. The van der Waals surface area contributed by atoms with Gasteiger partial charge < -0.3 is 4.57 Å². The van der Waals surface area contributed by atoms with Gasteiger partial charge >= 0.3 is 0 Å². The van der Waals surface area contributed by atoms with Gasteiger partial charge in [-0.05, 0) is 40.6 Å². The molecule has 0 saturated heterocycles. The molecule has 3 heteroatoms. The molecule has 4 rings (SSSR count). The second-order valence-electron chi connectivity index (χ2n) is 5.05. The third-order valence-electron chi connectivity index (χ3n) is 3.84. The fourth-order valence-electron chi connectivity index (χ4n) is 2.80. The average Bonchev–Trinajstić information content (AvgIpc) is 3.13. The molecule has 0 saturated carbocycles. The van der Waals surface area contributed by atoms with E-state index in [1.165, 1.54) is 15.6 Å². The van der Waals surface area contributed by atoms with Crippen LogP contribution in [0.5, 0.6) is 0 Å². The largest absolute Gasteiger partial charge is 0.343 e. The molecule has 2 heterocycles. The van der Waals surface area contributed by atoms with Crippen LogP contribution in [0, 0.1) is 11.3 Å². The van der Waals surface area contributed by atoms with Gasteiger partial charge in [-0.25, -0.2) is 0 Å². The molecular formula is C18H12N2S. The Hall–Kier alpha value is -2.57. The van der Waals surface area contributed by atoms with Crippen molar-refractivity contribution in [1.29, 1.82) is 5.26 Å². The van der Waals surface area contributed by atoms with Crippen molar-refractivity contribution in [1.82, 2.24) is 4.57 Å². The standard InChI is InChI=1S/C18H12N2S/c19-10-13-4-3-6-17-15(13)8-9-20(17)11-14-12-21-18-7-2-1-5-16(14)18/h1-9,12H,11H2. The molecule has 0 fully saturated rings. The predicted molar refractivity (Wildman–Crippen MR) is 87.6 cm³/mol. The monoisotopic (exact) mass is 288 g/mol. The zero-order chi connectivity index (χ0) is 14.2. The minimum Gasteiger partial charge on any atom is -0.343 e. The van der Waals surface area contributed by atoms with Crippen LogP contribution in [0.4, 0.5) is 0 Å². The number of nitriles is 1. The molecular weight excluding hydrogens is 276 g/mol. The Bertz CT molecular complexity index is 985. The van der Waals surface area contributed by atoms with E-state index in [0.29, 0.717) is 0 Å². The van der Waals surface area contributed by atoms with Gasteiger partial charge in [0.2, 0.25) is 0 Å². The SMILES string of the molecule is N#Cc1cccc2c1ccn2Cc1csc2ccccc12. The molecule has 0 amide bonds. The minimum absolute atomic E-state index is 0.737. The maximum absolute atomic E-state index is 9.19. The van der Waals surface area contributed by atoms with Gasteiger partial charge in [0.05, 0.1) is 11.6 Å². The van der Waals surface area contributed by atoms with Gasteiger partial charge in [0, 0.05) is 28.3 Å². The van der Waals surface area contributed by atoms with Crippen molar-refractivity contribution in [2.75, 3.05) is 0 Å². The molecule has 0 spiro atoms. The highest BCUT2D eigenvalue weighted by atomic mass is 32.1. The van der Waals surface area contributed by atoms with Gasteiger partial charge in [-0.2, -0.15) is 5.26 Å². The van der Waals surface area contributed by atoms with Crippen LogP contribution < -0.4 is 0 Å². The second kappa shape index (κ2) is 4.76. The molecule has 0 bridgehead atoms. The zero-order valence-corrected chi connectivity index (χ0v) is 12.1. The number of hydrogen-bond donors (Lipinski definition) is 0. The molecule has 0 N–H and O–H groups in total. The number of fused-ring (bicyclic) bond motifs is 2. The summed E-state index contributed by atoms with van der Waals surface area (Å²) in [5.41, 5.74) is 3.18. The van der Waals surface area contributed by atoms with Crippen LogP contribution in [-0.2, 0) is 6.54 Å². The van der Waals surface area contributed by atoms with Crippen LogP contribution in [0.25, 0.3) is 21.0 Å². The van der Waals surface area contributed by atoms with Gasteiger partial charge in [-0.15, -0.1) is 11.3 Å². The maximum atomic E-state index is 9.19. The van der Waals surface area contributed by atoms with Gasteiger partial charge in [-0.1, -0.05) is 24.3 Å². The first-order valence-corrected chi connectivity index (χ1v) is 7.68. The molecule has 21 heavy (non-hydrogen) atoms. The summed E-state index contributed by atoms with van der Waals surface area (Å²) in [5.74, 6) is 0. The molecule has 0 atom stereocenters. The van der Waals surface area contributed by atoms with Crippen LogP contribution >= 0.6 is 11.3 Å². The fourth-order valence-corrected chi connectivity index (χ4v) is 3.75. The highest BCUT2D eigenvalue weighted by molar-refractivity contribution is 7.17. The van der Waals surface area contributed by atoms with Crippen molar-refractivity contribution in [2.24, 2.45) is 0 Å². The number of nitrogens with zero attached hydrogens (tertiary/aromatic N) is 2. The Morgan fingerprint density at radius 2 is 1.90 bits per heavy atom. The van der Waals surface area contributed by atoms with E-state index in [4.69, 9.17) is 0 Å². The Kier molecular flexibility index (Phi) is 2.77. The van der Waals surface area contributed by atoms with E-state index in [9.17, 15) is 5.26 Å². The fraction of sp³-hybridized carbons (Fsp3) is 0.0556. The molecule has 0 aliphatic rings. The van der Waals surface area contributed by atoms with Crippen molar-refractivity contribution >= 4 is 32.3 Å². The summed E-state index contributed by atoms with van der Waals surface area (Å²) in [7, 11) is 0. The molecule has 0 aliphatic heterocycles. The Labute approximate surface area is 126 Å². The van der Waals surface area contributed by atoms with E-state index < -0.39 is 0 Å². The van der Waals surface area contributed by atoms with Crippen LogP contribution in [0.1, 0.15) is 11.1 Å². The van der Waals surface area contributed by atoms with Crippen molar-refractivity contribution in [3.63, 3.8) is 0 Å². The van der Waals surface area contributed by atoms with Gasteiger partial charge in [0.15, 0.2) is 0 Å². The molecule has 0 radical (unpaired) electrons. The second-order valence-corrected chi connectivity index (χ2v) is 5.96. The highest BCUT2D eigenvalue weighted by Gasteiger charge is 2.08. The van der Waals surface area contributed by atoms with E-state index in [1.807, 2.05) is 18.2 Å². The normalized spacial score (nSPS) is 11.0. The van der Waals surface area contributed by atoms with E-state index >= 15 is 0 Å². The summed E-state index contributed by atoms with van der Waals surface area (Å²) in [5, 5.41) is 13.8. The van der Waals surface area contributed by atoms with Crippen LogP contribution in [-0.4, -0.2) is 4.57 Å². The lowest BCUT2D eigenvalue weighted by molar-refractivity contribution is 0.846. The van der Waals surface area contributed by atoms with E-state index in [2.05, 4.69) is 52.5 Å². The first kappa shape index (κ1) is 12.2. The first-order valence-electron chi connectivity index (χ1n) is 6.80. The smallest absolute Gasteiger partial charge is 0.0998 e. The Morgan fingerprint density at radius 1 is 1.00 bits per heavy atom. The van der Waals surface area contributed by atoms with Crippen molar-refractivity contribution < 1.29 is 0 Å². The van der Waals surface area contributed by atoms with Crippen molar-refractivity contribution in [3.05, 3.63) is 71.2 Å². The molecule has 0 unspecified atom stereocenters. The summed E-state index contributed by atoms with van der Waals surface area (Å²) in [6.45, 7) is 0.836. The third-order valence-corrected chi connectivity index (χ3v) is 4.85. The summed E-state index contributed by atoms with van der Waals surface area (Å²) in [4.78, 5) is 0. The predicted octanol–water partition coefficient (Wildman–Crippen LogP) is 4.78. The topological polar surface area (TPSA) is 28.7 Å². The summed E-state index contributed by atoms with van der Waals surface area (Å²) >= 11 is 1.78. The van der Waals surface area contributed by atoms with Crippen LogP contribution in [0.15, 0.2) is 60.1 Å². The highest BCUT2D eigenvalue weighted by Crippen LogP contribution is 2.28. The van der Waals surface area contributed by atoms with Crippen LogP contribution in [0.2, 0.25) is 0 Å². The molecule has 100 valence electrons. The molecule has 2 aromatic carbocycles. The number of aromatic nitrogens is 1. The Balaban J connectivity index is 1.83. The lowest BCUT2D eigenvalue weighted by atomic mass is 10.1. The molecule has 2 nitrogen and oxygen atoms in total. The summed E-state index contributed by atoms with van der Waals surface area (Å²) < 4.78 is 3.53. The van der Waals surface area contributed by atoms with Gasteiger partial charge in [0.1, 0.15) is 0 Å². The number of benzene rings is 2. The lowest BCUT2D eigenvalue weighted by Gasteiger charge is -2.05.